The van der Waals surface area contributed by atoms with E-state index >= 15 is 0 Å². The van der Waals surface area contributed by atoms with Gasteiger partial charge in [0.2, 0.25) is 0 Å². The monoisotopic (exact) mass is 403 g/mol. The number of hydrogen-bond acceptors (Lipinski definition) is 2. The van der Waals surface area contributed by atoms with Gasteiger partial charge >= 0.3 is 0 Å². The maximum absolute atomic E-state index is 9.35. The van der Waals surface area contributed by atoms with Crippen LogP contribution >= 0.6 is 0 Å². The molecule has 0 unspecified atom stereocenters. The van der Waals surface area contributed by atoms with Crippen LogP contribution in [0.3, 0.4) is 0 Å². The summed E-state index contributed by atoms with van der Waals surface area (Å²) >= 11 is 0. The Kier molecular flexibility index (Phi) is 5.91. The molecule has 1 rings (SSSR count). The van der Waals surface area contributed by atoms with E-state index in [9.17, 15) is 10.2 Å². The number of aliphatic hydroxyl groups excluding tert-OH is 2. The molecule has 2 nitrogen and oxygen atoms in total. The molecule has 1 saturated carbocycles. The zero-order chi connectivity index (χ0) is 9.14. The fourth-order valence-corrected chi connectivity index (χ4v) is 1.34. The van der Waals surface area contributed by atoms with Crippen molar-refractivity contribution in [3.8, 4) is 0 Å². The van der Waals surface area contributed by atoms with Gasteiger partial charge in [0.05, 0.1) is 0 Å². The number of allylic oxidation sites excluding steroid dienone is 2. The van der Waals surface area contributed by atoms with Crippen molar-refractivity contribution in [2.75, 3.05) is 0 Å². The molecule has 0 aliphatic heterocycles. The summed E-state index contributed by atoms with van der Waals surface area (Å²) in [7, 11) is 0. The van der Waals surface area contributed by atoms with Gasteiger partial charge in [0.25, 0.3) is 0 Å². The summed E-state index contributed by atoms with van der Waals surface area (Å²) < 4.78 is 0. The number of hydrogen-bond donors (Lipinski definition) is 2. The molecule has 0 aromatic rings. The molecule has 0 aromatic carbocycles. The summed E-state index contributed by atoms with van der Waals surface area (Å²) in [6.07, 6.45) is 3.05. The Morgan fingerprint density at radius 2 is 1.77 bits per heavy atom. The Balaban J connectivity index is 0.00000144. The summed E-state index contributed by atoms with van der Waals surface area (Å²) in [6.45, 7) is 8.99. The van der Waals surface area contributed by atoms with Crippen molar-refractivity contribution in [2.45, 2.75) is 25.0 Å². The van der Waals surface area contributed by atoms with E-state index in [0.717, 1.165) is 5.57 Å². The van der Waals surface area contributed by atoms with Crippen molar-refractivity contribution in [1.82, 2.24) is 0 Å². The summed E-state index contributed by atoms with van der Waals surface area (Å²) in [6, 6.07) is 0. The van der Waals surface area contributed by atoms with E-state index in [1.807, 2.05) is 0 Å². The normalized spacial score (nSPS) is 27.8. The SMILES string of the molecule is [CH-]=C1[C@H](O)CC(=CC=C)C[C@H]1O.[U]. The predicted molar refractivity (Wildman–Crippen MR) is 47.3 cm³/mol. The van der Waals surface area contributed by atoms with E-state index in [1.54, 1.807) is 12.2 Å². The molecule has 0 amide bonds. The van der Waals surface area contributed by atoms with Crippen LogP contribution in [0, 0.1) is 37.7 Å². The van der Waals surface area contributed by atoms with E-state index in [2.05, 4.69) is 6.58 Å². The van der Waals surface area contributed by atoms with Gasteiger partial charge in [-0.3, -0.25) is 0 Å². The van der Waals surface area contributed by atoms with Crippen molar-refractivity contribution in [2.24, 2.45) is 0 Å². The third-order valence-electron chi connectivity index (χ3n) is 2.03. The summed E-state index contributed by atoms with van der Waals surface area (Å²) in [4.78, 5) is 0. The van der Waals surface area contributed by atoms with Gasteiger partial charge in [-0.15, -0.1) is 0 Å². The zero-order valence-electron chi connectivity index (χ0n) is 7.40. The molecular formula is C10H13O2U-. The minimum atomic E-state index is -0.708. The smallest absolute Gasteiger partial charge is 0.0493 e. The molecular weight excluding hydrogens is 390 g/mol. The van der Waals surface area contributed by atoms with Gasteiger partial charge in [-0.1, -0.05) is 24.3 Å². The summed E-state index contributed by atoms with van der Waals surface area (Å²) in [5.74, 6) is 0. The van der Waals surface area contributed by atoms with Gasteiger partial charge in [-0.25, -0.2) is 5.57 Å². The molecule has 0 heterocycles. The van der Waals surface area contributed by atoms with E-state index in [-0.39, 0.29) is 36.7 Å². The van der Waals surface area contributed by atoms with Crippen molar-refractivity contribution >= 4 is 0 Å². The largest absolute Gasteiger partial charge is 0.509 e. The van der Waals surface area contributed by atoms with Crippen molar-refractivity contribution in [3.63, 3.8) is 0 Å². The fourth-order valence-electron chi connectivity index (χ4n) is 1.34. The standard InChI is InChI=1S/C10H13O2.U/c1-3-4-8-5-9(11)7(2)10(12)6-8;/h2-4,9-12H,1,5-6H2;/q-1;/t9-,10-;/m1./s1. The van der Waals surface area contributed by atoms with Crippen LogP contribution in [0.15, 0.2) is 29.9 Å². The molecule has 0 radical (unpaired) electrons. The van der Waals surface area contributed by atoms with Crippen LogP contribution in [0.4, 0.5) is 0 Å². The first-order valence-corrected chi connectivity index (χ1v) is 3.94. The van der Waals surface area contributed by atoms with Crippen LogP contribution in [0.25, 0.3) is 0 Å². The maximum atomic E-state index is 9.35. The van der Waals surface area contributed by atoms with Crippen LogP contribution in [-0.2, 0) is 0 Å². The van der Waals surface area contributed by atoms with E-state index in [4.69, 9.17) is 6.58 Å². The number of aliphatic hydroxyl groups is 2. The molecule has 1 fully saturated rings. The average Bonchev–Trinajstić information content (AvgIpc) is 2.01. The van der Waals surface area contributed by atoms with Crippen LogP contribution in [0.5, 0.6) is 0 Å². The van der Waals surface area contributed by atoms with Crippen LogP contribution in [-0.4, -0.2) is 22.4 Å². The van der Waals surface area contributed by atoms with Gasteiger partial charge in [0, 0.05) is 43.3 Å². The minimum Gasteiger partial charge on any atom is -0.509 e. The van der Waals surface area contributed by atoms with Gasteiger partial charge in [0.15, 0.2) is 0 Å². The molecule has 0 bridgehead atoms. The summed E-state index contributed by atoms with van der Waals surface area (Å²) in [5, 5.41) is 18.7. The molecule has 70 valence electrons. The van der Waals surface area contributed by atoms with Crippen molar-refractivity contribution in [1.29, 1.82) is 0 Å². The summed E-state index contributed by atoms with van der Waals surface area (Å²) in [5.41, 5.74) is 1.26. The van der Waals surface area contributed by atoms with Crippen LogP contribution < -0.4 is 0 Å². The van der Waals surface area contributed by atoms with Gasteiger partial charge in [-0.2, -0.15) is 0 Å². The van der Waals surface area contributed by atoms with Crippen LogP contribution in [0.1, 0.15) is 12.8 Å². The Labute approximate surface area is 102 Å². The number of rotatable bonds is 1. The average molecular weight is 403 g/mol. The van der Waals surface area contributed by atoms with E-state index in [1.165, 1.54) is 0 Å². The molecule has 0 saturated heterocycles. The molecule has 2 atom stereocenters. The van der Waals surface area contributed by atoms with Crippen LogP contribution in [0.2, 0.25) is 0 Å². The molecule has 3 heteroatoms. The second kappa shape index (κ2) is 5.82. The molecule has 0 spiro atoms. The maximum Gasteiger partial charge on any atom is 0.0493 e. The topological polar surface area (TPSA) is 40.5 Å². The Morgan fingerprint density at radius 3 is 2.15 bits per heavy atom. The second-order valence-electron chi connectivity index (χ2n) is 3.00. The Morgan fingerprint density at radius 1 is 1.31 bits per heavy atom. The Hall–Kier alpha value is 0.192. The van der Waals surface area contributed by atoms with Crippen molar-refractivity contribution < 1.29 is 41.3 Å². The minimum absolute atomic E-state index is 0. The molecule has 13 heavy (non-hydrogen) atoms. The van der Waals surface area contributed by atoms with Crippen molar-refractivity contribution in [3.05, 3.63) is 36.5 Å². The third kappa shape index (κ3) is 3.44. The molecule has 1 aliphatic carbocycles. The first kappa shape index (κ1) is 13.2. The first-order valence-electron chi connectivity index (χ1n) is 3.94. The molecule has 0 aromatic heterocycles. The zero-order valence-corrected chi connectivity index (χ0v) is 11.6. The fraction of sp³-hybridized carbons (Fsp3) is 0.400. The predicted octanol–water partition coefficient (Wildman–Crippen LogP) is 0.974. The quantitative estimate of drug-likeness (QED) is 0.641. The van der Waals surface area contributed by atoms with Gasteiger partial charge in [0.1, 0.15) is 0 Å². The van der Waals surface area contributed by atoms with Gasteiger partial charge in [-0.05, 0) is 12.8 Å². The van der Waals surface area contributed by atoms with Gasteiger partial charge < -0.3 is 16.8 Å². The Bertz CT molecular complexity index is 217. The van der Waals surface area contributed by atoms with E-state index in [0.29, 0.717) is 12.8 Å². The second-order valence-corrected chi connectivity index (χ2v) is 3.00. The molecule has 1 aliphatic rings. The first-order chi connectivity index (χ1) is 5.65. The molecule has 2 N–H and O–H groups in total. The third-order valence-corrected chi connectivity index (χ3v) is 2.03. The van der Waals surface area contributed by atoms with E-state index < -0.39 is 12.2 Å².